The van der Waals surface area contributed by atoms with Crippen LogP contribution in [0.1, 0.15) is 34.1 Å². The molecule has 0 spiro atoms. The van der Waals surface area contributed by atoms with E-state index >= 15 is 0 Å². The molecule has 1 fully saturated rings. The highest BCUT2D eigenvalue weighted by Crippen LogP contribution is 2.19. The summed E-state index contributed by atoms with van der Waals surface area (Å²) in [7, 11) is 0. The molecule has 1 heterocycles. The van der Waals surface area contributed by atoms with E-state index in [0.29, 0.717) is 18.5 Å². The number of nitrogens with zero attached hydrogens (tertiary/aromatic N) is 1. The third kappa shape index (κ3) is 4.07. The summed E-state index contributed by atoms with van der Waals surface area (Å²) in [4.78, 5) is 2.30. The number of nitrogens with one attached hydrogen (secondary N) is 1. The highest BCUT2D eigenvalue weighted by atomic mass is 19.1. The van der Waals surface area contributed by atoms with Gasteiger partial charge < -0.3 is 5.32 Å². The third-order valence-electron chi connectivity index (χ3n) is 3.05. The van der Waals surface area contributed by atoms with Gasteiger partial charge in [-0.2, -0.15) is 0 Å². The lowest BCUT2D eigenvalue weighted by Crippen LogP contribution is -2.62. The molecule has 0 amide bonds. The molecule has 0 aromatic heterocycles. The van der Waals surface area contributed by atoms with Crippen LogP contribution in [0.2, 0.25) is 0 Å². The first-order chi connectivity index (χ1) is 6.94. The highest BCUT2D eigenvalue weighted by Gasteiger charge is 2.32. The number of hydrogen-bond acceptors (Lipinski definition) is 2. The van der Waals surface area contributed by atoms with Crippen LogP contribution in [-0.2, 0) is 0 Å². The molecule has 2 nitrogen and oxygen atoms in total. The highest BCUT2D eigenvalue weighted by molar-refractivity contribution is 4.92. The monoisotopic (exact) mass is 216 g/mol. The predicted octanol–water partition coefficient (Wildman–Crippen LogP) is 2.05. The van der Waals surface area contributed by atoms with Gasteiger partial charge in [0.15, 0.2) is 0 Å². The zero-order valence-electron chi connectivity index (χ0n) is 10.5. The summed E-state index contributed by atoms with van der Waals surface area (Å²) >= 11 is 0. The van der Waals surface area contributed by atoms with Crippen molar-refractivity contribution in [3.63, 3.8) is 0 Å². The average molecular weight is 216 g/mol. The zero-order valence-corrected chi connectivity index (χ0v) is 10.5. The van der Waals surface area contributed by atoms with E-state index in [2.05, 4.69) is 37.9 Å². The fourth-order valence-corrected chi connectivity index (χ4v) is 2.36. The van der Waals surface area contributed by atoms with E-state index in [-0.39, 0.29) is 12.2 Å². The van der Waals surface area contributed by atoms with E-state index in [1.54, 1.807) is 0 Å². The Morgan fingerprint density at radius 1 is 1.47 bits per heavy atom. The lowest BCUT2D eigenvalue weighted by Gasteiger charge is -2.45. The van der Waals surface area contributed by atoms with Crippen molar-refractivity contribution in [1.82, 2.24) is 10.2 Å². The van der Waals surface area contributed by atoms with Gasteiger partial charge in [-0.15, -0.1) is 0 Å². The Hall–Kier alpha value is -0.150. The van der Waals surface area contributed by atoms with Crippen LogP contribution in [0, 0.1) is 5.92 Å². The van der Waals surface area contributed by atoms with Gasteiger partial charge in [-0.3, -0.25) is 4.90 Å². The molecule has 3 heteroatoms. The fourth-order valence-electron chi connectivity index (χ4n) is 2.36. The minimum absolute atomic E-state index is 0.128. The van der Waals surface area contributed by atoms with Gasteiger partial charge in [0, 0.05) is 31.2 Å². The minimum Gasteiger partial charge on any atom is -0.309 e. The van der Waals surface area contributed by atoms with Crippen LogP contribution in [0.4, 0.5) is 4.39 Å². The van der Waals surface area contributed by atoms with Gasteiger partial charge in [0.25, 0.3) is 0 Å². The van der Waals surface area contributed by atoms with Crippen molar-refractivity contribution >= 4 is 0 Å². The quantitative estimate of drug-likeness (QED) is 0.774. The second-order valence-electron chi connectivity index (χ2n) is 5.71. The normalized spacial score (nSPS) is 27.2. The predicted molar refractivity (Wildman–Crippen MR) is 62.9 cm³/mol. The second-order valence-corrected chi connectivity index (χ2v) is 5.71. The molecule has 0 aromatic rings. The van der Waals surface area contributed by atoms with Crippen LogP contribution in [0.25, 0.3) is 0 Å². The van der Waals surface area contributed by atoms with Crippen LogP contribution in [-0.4, -0.2) is 42.8 Å². The van der Waals surface area contributed by atoms with Crippen molar-refractivity contribution in [3.8, 4) is 0 Å². The lowest BCUT2D eigenvalue weighted by molar-refractivity contribution is 0.0770. The van der Waals surface area contributed by atoms with Crippen LogP contribution in [0.15, 0.2) is 0 Å². The first-order valence-corrected chi connectivity index (χ1v) is 5.99. The molecule has 1 aliphatic rings. The summed E-state index contributed by atoms with van der Waals surface area (Å²) in [6, 6.07) is 0.508. The van der Waals surface area contributed by atoms with E-state index < -0.39 is 0 Å². The number of hydrogen-bond donors (Lipinski definition) is 1. The summed E-state index contributed by atoms with van der Waals surface area (Å²) in [5, 5.41) is 3.54. The molecule has 0 bridgehead atoms. The number of alkyl halides is 1. The van der Waals surface area contributed by atoms with Gasteiger partial charge >= 0.3 is 0 Å². The summed E-state index contributed by atoms with van der Waals surface area (Å²) in [6.07, 6.45) is 1.16. The van der Waals surface area contributed by atoms with E-state index in [4.69, 9.17) is 0 Å². The number of piperazine rings is 1. The zero-order chi connectivity index (χ0) is 11.5. The molecular formula is C12H25FN2. The average Bonchev–Trinajstić information content (AvgIpc) is 2.09. The Balaban J connectivity index is 2.55. The van der Waals surface area contributed by atoms with Gasteiger partial charge in [-0.25, -0.2) is 4.39 Å². The summed E-state index contributed by atoms with van der Waals surface area (Å²) < 4.78 is 12.5. The maximum absolute atomic E-state index is 12.5. The van der Waals surface area contributed by atoms with Gasteiger partial charge in [-0.1, -0.05) is 13.8 Å². The molecule has 1 unspecified atom stereocenters. The molecule has 1 N–H and O–H groups in total. The van der Waals surface area contributed by atoms with Crippen LogP contribution < -0.4 is 5.32 Å². The fraction of sp³-hybridized carbons (Fsp3) is 1.00. The van der Waals surface area contributed by atoms with Crippen molar-refractivity contribution in [2.24, 2.45) is 5.92 Å². The van der Waals surface area contributed by atoms with E-state index in [1.807, 2.05) is 0 Å². The van der Waals surface area contributed by atoms with E-state index in [1.165, 1.54) is 0 Å². The van der Waals surface area contributed by atoms with Gasteiger partial charge in [0.1, 0.15) is 6.67 Å². The molecule has 15 heavy (non-hydrogen) atoms. The molecule has 90 valence electrons. The Morgan fingerprint density at radius 2 is 2.13 bits per heavy atom. The third-order valence-corrected chi connectivity index (χ3v) is 3.05. The molecule has 0 aromatic carbocycles. The van der Waals surface area contributed by atoms with Crippen LogP contribution in [0.3, 0.4) is 0 Å². The van der Waals surface area contributed by atoms with Gasteiger partial charge in [0.05, 0.1) is 0 Å². The van der Waals surface area contributed by atoms with Crippen LogP contribution >= 0.6 is 0 Å². The first-order valence-electron chi connectivity index (χ1n) is 5.99. The molecule has 0 radical (unpaired) electrons. The summed E-state index contributed by atoms with van der Waals surface area (Å²) in [5.41, 5.74) is 0.128. The SMILES string of the molecule is CC(C)CC1CNC(C)(C)CN1CCF. The van der Waals surface area contributed by atoms with Crippen molar-refractivity contribution < 1.29 is 4.39 Å². The maximum atomic E-state index is 12.5. The standard InChI is InChI=1S/C12H25FN2/c1-10(2)7-11-8-14-12(3,4)9-15(11)6-5-13/h10-11,14H,5-9H2,1-4H3. The summed E-state index contributed by atoms with van der Waals surface area (Å²) in [6.45, 7) is 11.1. The smallest absolute Gasteiger partial charge is 0.102 e. The minimum atomic E-state index is -0.231. The van der Waals surface area contributed by atoms with Crippen molar-refractivity contribution in [2.75, 3.05) is 26.3 Å². The van der Waals surface area contributed by atoms with Gasteiger partial charge in [-0.05, 0) is 26.2 Å². The molecule has 1 aliphatic heterocycles. The molecule has 0 saturated carbocycles. The number of halogens is 1. The molecule has 0 aliphatic carbocycles. The second kappa shape index (κ2) is 5.26. The molecule has 1 rings (SSSR count). The van der Waals surface area contributed by atoms with Crippen LogP contribution in [0.5, 0.6) is 0 Å². The summed E-state index contributed by atoms with van der Waals surface area (Å²) in [5.74, 6) is 0.681. The molecular weight excluding hydrogens is 191 g/mol. The topological polar surface area (TPSA) is 15.3 Å². The Labute approximate surface area is 93.2 Å². The van der Waals surface area contributed by atoms with E-state index in [0.717, 1.165) is 19.5 Å². The van der Waals surface area contributed by atoms with Crippen molar-refractivity contribution in [3.05, 3.63) is 0 Å². The Morgan fingerprint density at radius 3 is 2.67 bits per heavy atom. The van der Waals surface area contributed by atoms with Crippen molar-refractivity contribution in [1.29, 1.82) is 0 Å². The first kappa shape index (κ1) is 12.9. The number of rotatable bonds is 4. The maximum Gasteiger partial charge on any atom is 0.102 e. The Bertz CT molecular complexity index is 192. The lowest BCUT2D eigenvalue weighted by atomic mass is 9.94. The van der Waals surface area contributed by atoms with E-state index in [9.17, 15) is 4.39 Å². The Kier molecular flexibility index (Phi) is 4.53. The van der Waals surface area contributed by atoms with Gasteiger partial charge in [0.2, 0.25) is 0 Å². The molecule has 1 saturated heterocycles. The van der Waals surface area contributed by atoms with Crippen molar-refractivity contribution in [2.45, 2.75) is 45.7 Å². The largest absolute Gasteiger partial charge is 0.309 e. The molecule has 1 atom stereocenters.